The van der Waals surface area contributed by atoms with Crippen LogP contribution in [0.3, 0.4) is 0 Å². The molecule has 0 aromatic carbocycles. The minimum Gasteiger partial charge on any atom is -0.286 e. The minimum absolute atomic E-state index is 0.0447. The highest BCUT2D eigenvalue weighted by Gasteiger charge is 2.71. The average Bonchev–Trinajstić information content (AvgIpc) is 3.84. The molecule has 5 aliphatic heterocycles. The van der Waals surface area contributed by atoms with Gasteiger partial charge in [-0.1, -0.05) is 38.5 Å². The Labute approximate surface area is 347 Å². The number of rotatable bonds is 4. The molecule has 0 spiro atoms. The van der Waals surface area contributed by atoms with Crippen LogP contribution in [-0.4, -0.2) is 104 Å². The fraction of sp³-hybridized carbons (Fsp3) is 1.00. The molecule has 24 heteroatoms. The lowest BCUT2D eigenvalue weighted by Gasteiger charge is -2.47. The summed E-state index contributed by atoms with van der Waals surface area (Å²) in [7, 11) is 3.81. The van der Waals surface area contributed by atoms with E-state index < -0.39 is 93.7 Å². The summed E-state index contributed by atoms with van der Waals surface area (Å²) in [5, 5.41) is 20.5. The molecule has 5 saturated heterocycles. The van der Waals surface area contributed by atoms with E-state index in [0.717, 1.165) is 64.2 Å². The van der Waals surface area contributed by atoms with E-state index in [1.165, 1.54) is 12.8 Å². The van der Waals surface area contributed by atoms with Crippen LogP contribution in [0.15, 0.2) is 0 Å². The predicted octanol–water partition coefficient (Wildman–Crippen LogP) is 0.794. The molecule has 0 aromatic rings. The Morgan fingerprint density at radius 3 is 0.661 bits per heavy atom. The summed E-state index contributed by atoms with van der Waals surface area (Å²) in [5.41, 5.74) is 0. The summed E-state index contributed by atoms with van der Waals surface area (Å²) in [4.78, 5) is 0. The summed E-state index contributed by atoms with van der Waals surface area (Å²) in [6.45, 7) is 0. The molecule has 5 heterocycles. The van der Waals surface area contributed by atoms with Crippen molar-refractivity contribution in [3.8, 4) is 0 Å². The lowest BCUT2D eigenvalue weighted by Crippen LogP contribution is -2.68. The number of halogens is 4. The Hall–Kier alpha value is 0.640. The molecule has 20 atom stereocenters. The van der Waals surface area contributed by atoms with Gasteiger partial charge in [0.2, 0.25) is 36.2 Å². The first-order chi connectivity index (χ1) is 26.3. The van der Waals surface area contributed by atoms with Crippen LogP contribution in [0.5, 0.6) is 0 Å². The molecule has 4 aliphatic carbocycles. The van der Waals surface area contributed by atoms with E-state index in [4.69, 9.17) is 42.7 Å². The van der Waals surface area contributed by atoms with Crippen molar-refractivity contribution in [2.24, 2.45) is 47.3 Å². The van der Waals surface area contributed by atoms with Gasteiger partial charge in [-0.15, -0.1) is 0 Å². The van der Waals surface area contributed by atoms with Gasteiger partial charge in [-0.3, -0.25) is 42.5 Å². The zero-order valence-corrected chi connectivity index (χ0v) is 36.7. The lowest BCUT2D eigenvalue weighted by atomic mass is 9.75. The van der Waals surface area contributed by atoms with Crippen molar-refractivity contribution in [3.05, 3.63) is 0 Å². The molecule has 0 aromatic heterocycles. The fourth-order valence-corrected chi connectivity index (χ4v) is 24.3. The van der Waals surface area contributed by atoms with E-state index in [2.05, 4.69) is 42.5 Å². The maximum atomic E-state index is 13.8. The van der Waals surface area contributed by atoms with Crippen LogP contribution in [0.25, 0.3) is 0 Å². The third kappa shape index (κ3) is 7.41. The second-order valence-electron chi connectivity index (χ2n) is 17.9. The van der Waals surface area contributed by atoms with E-state index in [0.29, 0.717) is 11.8 Å². The molecule has 9 aliphatic rings. The smallest absolute Gasteiger partial charge is 0.238 e. The lowest BCUT2D eigenvalue weighted by molar-refractivity contribution is 0.170. The van der Waals surface area contributed by atoms with Crippen molar-refractivity contribution in [2.75, 3.05) is 0 Å². The van der Waals surface area contributed by atoms with Gasteiger partial charge in [0, 0.05) is 54.6 Å². The molecule has 8 N–H and O–H groups in total. The molecule has 9 fully saturated rings. The zero-order chi connectivity index (χ0) is 39.7. The normalized spacial score (nSPS) is 51.1. The number of hydrogen-bond acceptors (Lipinski definition) is 16. The first kappa shape index (κ1) is 42.0. The van der Waals surface area contributed by atoms with Crippen molar-refractivity contribution in [2.45, 2.75) is 147 Å². The van der Waals surface area contributed by atoms with Gasteiger partial charge >= 0.3 is 0 Å². The molecular formula is C32H52Cl4N8O8S4. The van der Waals surface area contributed by atoms with Gasteiger partial charge in [-0.25, -0.2) is 33.7 Å². The predicted molar refractivity (Wildman–Crippen MR) is 213 cm³/mol. The molecular weight excluding hydrogens is 894 g/mol. The van der Waals surface area contributed by atoms with Crippen molar-refractivity contribution in [1.82, 2.24) is 42.5 Å². The molecule has 4 saturated carbocycles. The zero-order valence-electron chi connectivity index (χ0n) is 30.4. The monoisotopic (exact) mass is 944 g/mol. The highest BCUT2D eigenvalue weighted by molar-refractivity contribution is 8.20. The van der Waals surface area contributed by atoms with Crippen molar-refractivity contribution in [1.29, 1.82) is 0 Å². The molecule has 16 nitrogen and oxygen atoms in total. The van der Waals surface area contributed by atoms with Crippen LogP contribution in [-0.2, 0) is 36.2 Å². The standard InChI is InChI=1S/C32H52Cl4N8O8S4/c33-53(45,46)21-19-20(22(54(34,47)48)24(56(36,51)52)23(21)55(35,49)50)32-43-30-18-12-6-4-10-16(18)28(41-30)39-26-14-8-2-1-7-13(14)25(37-26)38-27-15-9-3-5-11-17(15)29(40-27)42-31(19)44-32/h13-32,37-44H,1-12H2. The second kappa shape index (κ2) is 15.2. The SMILES string of the molecule is O=S(=O)(Cl)C1C2C3NC4NC(NC5NC(NC6NC(NC(N3)C2C(S(=O)(=O)Cl)C(S(=O)(=O)Cl)C1S(=O)(=O)Cl)C1CCCCC61)C1CCCCC51)C1CCCCC41. The van der Waals surface area contributed by atoms with Gasteiger partial charge in [0.25, 0.3) is 0 Å². The molecule has 320 valence electrons. The van der Waals surface area contributed by atoms with Crippen molar-refractivity contribution in [3.63, 3.8) is 0 Å². The Kier molecular flexibility index (Phi) is 11.4. The third-order valence-corrected chi connectivity index (χ3v) is 23.3. The first-order valence-corrected chi connectivity index (χ1v) is 29.6. The van der Waals surface area contributed by atoms with Gasteiger partial charge in [0.05, 0.1) is 49.3 Å². The summed E-state index contributed by atoms with van der Waals surface area (Å²) in [6.07, 6.45) is 9.04. The highest BCUT2D eigenvalue weighted by Crippen LogP contribution is 2.52. The van der Waals surface area contributed by atoms with Gasteiger partial charge < -0.3 is 0 Å². The van der Waals surface area contributed by atoms with Crippen molar-refractivity contribution < 1.29 is 33.7 Å². The maximum Gasteiger partial charge on any atom is 0.238 e. The third-order valence-electron chi connectivity index (χ3n) is 15.3. The summed E-state index contributed by atoms with van der Waals surface area (Å²) in [6, 6.07) is 0. The van der Waals surface area contributed by atoms with Gasteiger partial charge in [-0.05, 0) is 74.0 Å². The first-order valence-electron chi connectivity index (χ1n) is 20.1. The number of nitrogens with one attached hydrogen (secondary N) is 8. The van der Waals surface area contributed by atoms with E-state index in [-0.39, 0.29) is 48.3 Å². The van der Waals surface area contributed by atoms with Crippen LogP contribution in [0, 0.1) is 47.3 Å². The maximum absolute atomic E-state index is 13.8. The quantitative estimate of drug-likeness (QED) is 0.182. The van der Waals surface area contributed by atoms with Crippen LogP contribution >= 0.6 is 42.7 Å². The average molecular weight is 947 g/mol. The largest absolute Gasteiger partial charge is 0.286 e. The highest BCUT2D eigenvalue weighted by atomic mass is 35.7. The summed E-state index contributed by atoms with van der Waals surface area (Å²) < 4.78 is 109. The van der Waals surface area contributed by atoms with E-state index in [1.807, 2.05) is 0 Å². The Morgan fingerprint density at radius 2 is 0.464 bits per heavy atom. The molecule has 0 radical (unpaired) electrons. The van der Waals surface area contributed by atoms with Gasteiger partial charge in [-0.2, -0.15) is 0 Å². The molecule has 8 bridgehead atoms. The molecule has 56 heavy (non-hydrogen) atoms. The van der Waals surface area contributed by atoms with E-state index in [9.17, 15) is 33.7 Å². The van der Waals surface area contributed by atoms with Crippen LogP contribution in [0.4, 0.5) is 0 Å². The Bertz CT molecular complexity index is 1860. The fourth-order valence-electron chi connectivity index (χ4n) is 13.3. The van der Waals surface area contributed by atoms with Gasteiger partial charge in [0.1, 0.15) is 21.0 Å². The summed E-state index contributed by atoms with van der Waals surface area (Å²) in [5.74, 6) is -1.49. The Balaban J connectivity index is 1.19. The molecule has 20 unspecified atom stereocenters. The van der Waals surface area contributed by atoms with Gasteiger partial charge in [0.15, 0.2) is 0 Å². The number of hydrogen-bond donors (Lipinski definition) is 8. The number of fused-ring (bicyclic) bond motifs is 20. The topological polar surface area (TPSA) is 233 Å². The summed E-state index contributed by atoms with van der Waals surface area (Å²) >= 11 is 0. The Morgan fingerprint density at radius 1 is 0.286 bits per heavy atom. The van der Waals surface area contributed by atoms with E-state index in [1.54, 1.807) is 0 Å². The molecule has 0 amide bonds. The van der Waals surface area contributed by atoms with Crippen LogP contribution in [0.1, 0.15) is 77.0 Å². The van der Waals surface area contributed by atoms with E-state index >= 15 is 0 Å². The van der Waals surface area contributed by atoms with Crippen LogP contribution < -0.4 is 42.5 Å². The van der Waals surface area contributed by atoms with Crippen LogP contribution in [0.2, 0.25) is 0 Å². The van der Waals surface area contributed by atoms with Crippen molar-refractivity contribution >= 4 is 78.9 Å². The second-order valence-corrected chi connectivity index (χ2v) is 29.1. The minimum atomic E-state index is -5.19. The molecule has 9 rings (SSSR count).